The van der Waals surface area contributed by atoms with Gasteiger partial charge >= 0.3 is 65.1 Å². The predicted octanol–water partition coefficient (Wildman–Crippen LogP) is -1.03. The molecule has 11 heavy (non-hydrogen) atoms. The summed E-state index contributed by atoms with van der Waals surface area (Å²) in [5.74, 6) is -0.939. The maximum atomic E-state index is 10.1. The van der Waals surface area contributed by atoms with E-state index in [0.717, 1.165) is 0 Å². The van der Waals surface area contributed by atoms with Crippen molar-refractivity contribution in [1.29, 1.82) is 0 Å². The summed E-state index contributed by atoms with van der Waals surface area (Å²) in [6.07, 6.45) is 0. The van der Waals surface area contributed by atoms with Gasteiger partial charge in [0.25, 0.3) is 0 Å². The molecular formula is C4H9NNa2O2S2. The maximum absolute atomic E-state index is 10.1. The van der Waals surface area contributed by atoms with Crippen LogP contribution in [0.4, 0.5) is 0 Å². The minimum atomic E-state index is -0.939. The van der Waals surface area contributed by atoms with Gasteiger partial charge in [-0.1, -0.05) is 12.2 Å². The van der Waals surface area contributed by atoms with Gasteiger partial charge in [-0.15, -0.1) is 12.6 Å². The van der Waals surface area contributed by atoms with Gasteiger partial charge in [0, 0.05) is 0 Å². The Morgan fingerprint density at radius 1 is 1.64 bits per heavy atom. The number of hydrogen-bond donors (Lipinski definition) is 3. The Balaban J connectivity index is -0.000000320. The van der Waals surface area contributed by atoms with Gasteiger partial charge in [-0.25, -0.2) is 0 Å². The van der Waals surface area contributed by atoms with Gasteiger partial charge in [-0.3, -0.25) is 4.79 Å². The molecule has 7 heteroatoms. The van der Waals surface area contributed by atoms with E-state index in [1.54, 1.807) is 0 Å². The number of aliphatic carboxylic acids is 1. The van der Waals surface area contributed by atoms with Gasteiger partial charge in [-0.2, -0.15) is 0 Å². The van der Waals surface area contributed by atoms with E-state index in [-0.39, 0.29) is 63.4 Å². The summed E-state index contributed by atoms with van der Waals surface area (Å²) in [7, 11) is 0. The monoisotopic (exact) mass is 213 g/mol. The van der Waals surface area contributed by atoms with Crippen LogP contribution in [0.5, 0.6) is 0 Å². The summed E-state index contributed by atoms with van der Waals surface area (Å²) in [5, 5.41) is 10.7. The standard InChI is InChI=1S/C4H7NO2S2.2Na.2H/c1-2(3(6)7)5-4(8)9;;;;/h2H,1H3,(H,6,7)(H2,5,8,9);;;;. The summed E-state index contributed by atoms with van der Waals surface area (Å²) in [6, 6.07) is -0.657. The molecule has 0 aromatic heterocycles. The number of carboxylic acids is 1. The van der Waals surface area contributed by atoms with Crippen molar-refractivity contribution in [3.63, 3.8) is 0 Å². The van der Waals surface area contributed by atoms with Gasteiger partial charge in [0.05, 0.1) is 0 Å². The number of nitrogens with one attached hydrogen (secondary N) is 1. The van der Waals surface area contributed by atoms with E-state index in [0.29, 0.717) is 0 Å². The first-order valence-corrected chi connectivity index (χ1v) is 3.12. The molecule has 56 valence electrons. The van der Waals surface area contributed by atoms with Crippen LogP contribution in [0, 0.1) is 0 Å². The second kappa shape index (κ2) is 9.80. The van der Waals surface area contributed by atoms with E-state index in [2.05, 4.69) is 30.2 Å². The van der Waals surface area contributed by atoms with Gasteiger partial charge in [0.2, 0.25) is 0 Å². The molecule has 0 saturated carbocycles. The minimum absolute atomic E-state index is 0. The zero-order chi connectivity index (χ0) is 7.44. The number of rotatable bonds is 2. The van der Waals surface area contributed by atoms with Crippen LogP contribution in [0.2, 0.25) is 0 Å². The molecule has 0 fully saturated rings. The zero-order valence-electron chi connectivity index (χ0n) is 4.79. The van der Waals surface area contributed by atoms with Crippen molar-refractivity contribution in [1.82, 2.24) is 5.32 Å². The molecule has 2 N–H and O–H groups in total. The number of hydrogen-bond acceptors (Lipinski definition) is 2. The molecule has 0 radical (unpaired) electrons. The zero-order valence-corrected chi connectivity index (χ0v) is 6.50. The number of carbonyl (C=O) groups is 1. The van der Waals surface area contributed by atoms with Crippen LogP contribution < -0.4 is 5.32 Å². The molecule has 1 atom stereocenters. The summed E-state index contributed by atoms with van der Waals surface area (Å²) in [6.45, 7) is 1.49. The molecule has 0 aliphatic carbocycles. The second-order valence-electron chi connectivity index (χ2n) is 1.51. The molecule has 0 heterocycles. The van der Waals surface area contributed by atoms with Crippen LogP contribution in [-0.4, -0.2) is 80.6 Å². The molecule has 0 aliphatic rings. The van der Waals surface area contributed by atoms with Crippen LogP contribution in [0.15, 0.2) is 0 Å². The van der Waals surface area contributed by atoms with Crippen molar-refractivity contribution in [2.45, 2.75) is 13.0 Å². The Kier molecular flexibility index (Phi) is 16.5. The van der Waals surface area contributed by atoms with Crippen molar-refractivity contribution >= 4 is 94.3 Å². The quantitative estimate of drug-likeness (QED) is 0.312. The van der Waals surface area contributed by atoms with E-state index in [1.165, 1.54) is 6.92 Å². The first-order valence-electron chi connectivity index (χ1n) is 2.26. The Morgan fingerprint density at radius 2 is 2.00 bits per heavy atom. The van der Waals surface area contributed by atoms with Crippen LogP contribution in [-0.2, 0) is 4.79 Å². The Morgan fingerprint density at radius 3 is 2.09 bits per heavy atom. The fourth-order valence-electron chi connectivity index (χ4n) is 0.247. The molecule has 0 aromatic carbocycles. The molecule has 0 aliphatic heterocycles. The van der Waals surface area contributed by atoms with Gasteiger partial charge < -0.3 is 10.4 Å². The number of carboxylic acid groups (broad SMARTS) is 1. The average molecular weight is 213 g/mol. The van der Waals surface area contributed by atoms with Crippen LogP contribution in [0.3, 0.4) is 0 Å². The summed E-state index contributed by atoms with van der Waals surface area (Å²) in [4.78, 5) is 10.1. The number of thiocarbonyl (C=S) groups is 1. The first-order chi connectivity index (χ1) is 4.04. The summed E-state index contributed by atoms with van der Waals surface area (Å²) >= 11 is 8.17. The van der Waals surface area contributed by atoms with E-state index >= 15 is 0 Å². The fraction of sp³-hybridized carbons (Fsp3) is 0.500. The van der Waals surface area contributed by atoms with E-state index < -0.39 is 12.0 Å². The van der Waals surface area contributed by atoms with Crippen molar-refractivity contribution in [2.75, 3.05) is 0 Å². The second-order valence-corrected chi connectivity index (χ2v) is 2.67. The van der Waals surface area contributed by atoms with E-state index in [1.807, 2.05) is 0 Å². The van der Waals surface area contributed by atoms with Crippen LogP contribution in [0.25, 0.3) is 0 Å². The van der Waals surface area contributed by atoms with Crippen LogP contribution in [0.1, 0.15) is 6.92 Å². The molecule has 0 amide bonds. The molecule has 0 saturated heterocycles. The van der Waals surface area contributed by atoms with Crippen molar-refractivity contribution in [3.05, 3.63) is 0 Å². The SMILES string of the molecule is CC(NC(=S)S)C(=O)O.[NaH].[NaH]. The van der Waals surface area contributed by atoms with Gasteiger partial charge in [-0.05, 0) is 6.92 Å². The van der Waals surface area contributed by atoms with Crippen molar-refractivity contribution in [2.24, 2.45) is 0 Å². The summed E-state index contributed by atoms with van der Waals surface area (Å²) in [5.41, 5.74) is 0. The molecule has 0 bridgehead atoms. The molecule has 0 spiro atoms. The molecule has 3 nitrogen and oxygen atoms in total. The normalized spacial score (nSPS) is 10.0. The Labute approximate surface area is 121 Å². The van der Waals surface area contributed by atoms with Crippen molar-refractivity contribution in [3.8, 4) is 0 Å². The van der Waals surface area contributed by atoms with Crippen LogP contribution >= 0.6 is 24.8 Å². The topological polar surface area (TPSA) is 49.3 Å². The number of thiol groups is 1. The Hall–Kier alpha value is 1.71. The predicted molar refractivity (Wildman–Crippen MR) is 56.1 cm³/mol. The molecule has 1 unspecified atom stereocenters. The van der Waals surface area contributed by atoms with Crippen molar-refractivity contribution < 1.29 is 9.90 Å². The summed E-state index contributed by atoms with van der Waals surface area (Å²) < 4.78 is 0.199. The van der Waals surface area contributed by atoms with Gasteiger partial charge in [0.15, 0.2) is 0 Å². The van der Waals surface area contributed by atoms with E-state index in [4.69, 9.17) is 5.11 Å². The third-order valence-electron chi connectivity index (χ3n) is 0.710. The molecule has 0 rings (SSSR count). The fourth-order valence-corrected chi connectivity index (χ4v) is 0.617. The first kappa shape index (κ1) is 18.5. The average Bonchev–Trinajstić information content (AvgIpc) is 1.63. The Bertz CT molecular complexity index is 144. The third-order valence-corrected chi connectivity index (χ3v) is 0.957. The molecular weight excluding hydrogens is 204 g/mol. The van der Waals surface area contributed by atoms with E-state index in [9.17, 15) is 4.79 Å². The molecule has 0 aromatic rings. The third kappa shape index (κ3) is 11.7. The van der Waals surface area contributed by atoms with Gasteiger partial charge in [0.1, 0.15) is 10.4 Å².